The molecule has 0 radical (unpaired) electrons. The summed E-state index contributed by atoms with van der Waals surface area (Å²) in [4.78, 5) is 28.2. The number of methoxy groups -OCH3 is 1. The Kier molecular flexibility index (Phi) is 7.62. The lowest BCUT2D eigenvalue weighted by atomic mass is 10.2. The summed E-state index contributed by atoms with van der Waals surface area (Å²) < 4.78 is 10.7. The maximum atomic E-state index is 12.5. The Morgan fingerprint density at radius 2 is 2.00 bits per heavy atom. The van der Waals surface area contributed by atoms with E-state index in [1.807, 2.05) is 43.3 Å². The number of hydrogen-bond acceptors (Lipinski definition) is 7. The minimum Gasteiger partial charge on any atom is -0.497 e. The number of nitrogens with zero attached hydrogens (tertiary/aromatic N) is 2. The third-order valence-corrected chi connectivity index (χ3v) is 5.01. The second-order valence-corrected chi connectivity index (χ2v) is 7.56. The van der Waals surface area contributed by atoms with Crippen LogP contribution in [0.5, 0.6) is 5.75 Å². The molecule has 26 heavy (non-hydrogen) atoms. The molecule has 1 aromatic rings. The molecule has 2 rings (SSSR count). The molecule has 1 saturated heterocycles. The SMILES string of the molecule is COc1ccc(/C=C2/SC(=S)N(CCC(=O)OCCN(C)C)C2=O)cc1. The highest BCUT2D eigenvalue weighted by atomic mass is 32.2. The number of likely N-dealkylation sites (N-methyl/N-ethyl adjacent to an activating group) is 1. The first kappa shape index (κ1) is 20.4. The van der Waals surface area contributed by atoms with Gasteiger partial charge >= 0.3 is 5.97 Å². The molecule has 1 amide bonds. The van der Waals surface area contributed by atoms with Gasteiger partial charge in [0.2, 0.25) is 0 Å². The molecule has 0 N–H and O–H groups in total. The van der Waals surface area contributed by atoms with Gasteiger partial charge in [0, 0.05) is 13.1 Å². The number of hydrogen-bond donors (Lipinski definition) is 0. The van der Waals surface area contributed by atoms with Crippen LogP contribution >= 0.6 is 24.0 Å². The number of thioether (sulfide) groups is 1. The summed E-state index contributed by atoms with van der Waals surface area (Å²) in [5.74, 6) is 0.236. The van der Waals surface area contributed by atoms with Crippen LogP contribution in [-0.4, -0.2) is 66.9 Å². The number of thiocarbonyl (C=S) groups is 1. The third-order valence-electron chi connectivity index (χ3n) is 3.63. The van der Waals surface area contributed by atoms with E-state index in [-0.39, 0.29) is 24.8 Å². The van der Waals surface area contributed by atoms with Gasteiger partial charge in [-0.3, -0.25) is 14.5 Å². The van der Waals surface area contributed by atoms with Crippen molar-refractivity contribution < 1.29 is 19.1 Å². The van der Waals surface area contributed by atoms with Crippen molar-refractivity contribution in [3.8, 4) is 5.75 Å². The summed E-state index contributed by atoms with van der Waals surface area (Å²) in [5.41, 5.74) is 0.884. The fourth-order valence-electron chi connectivity index (χ4n) is 2.16. The van der Waals surface area contributed by atoms with Gasteiger partial charge in [0.15, 0.2) is 0 Å². The highest BCUT2D eigenvalue weighted by Crippen LogP contribution is 2.32. The second-order valence-electron chi connectivity index (χ2n) is 5.88. The number of ether oxygens (including phenoxy) is 2. The van der Waals surface area contributed by atoms with Crippen molar-refractivity contribution in [3.63, 3.8) is 0 Å². The topological polar surface area (TPSA) is 59.1 Å². The molecule has 0 aliphatic carbocycles. The van der Waals surface area contributed by atoms with Crippen molar-refractivity contribution >= 4 is 46.3 Å². The first-order valence-electron chi connectivity index (χ1n) is 8.10. The van der Waals surface area contributed by atoms with Crippen LogP contribution in [-0.2, 0) is 14.3 Å². The molecule has 0 bridgehead atoms. The highest BCUT2D eigenvalue weighted by molar-refractivity contribution is 8.26. The van der Waals surface area contributed by atoms with Crippen LogP contribution in [0.1, 0.15) is 12.0 Å². The Balaban J connectivity index is 1.91. The van der Waals surface area contributed by atoms with E-state index in [4.69, 9.17) is 21.7 Å². The molecule has 0 unspecified atom stereocenters. The van der Waals surface area contributed by atoms with Crippen molar-refractivity contribution in [2.24, 2.45) is 0 Å². The lowest BCUT2D eigenvalue weighted by Crippen LogP contribution is -2.31. The molecular weight excluding hydrogens is 372 g/mol. The van der Waals surface area contributed by atoms with Crippen molar-refractivity contribution in [2.75, 3.05) is 40.9 Å². The predicted octanol–water partition coefficient (Wildman–Crippen LogP) is 2.39. The smallest absolute Gasteiger partial charge is 0.307 e. The number of benzene rings is 1. The zero-order valence-corrected chi connectivity index (χ0v) is 16.7. The quantitative estimate of drug-likeness (QED) is 0.381. The maximum absolute atomic E-state index is 12.5. The first-order chi connectivity index (χ1) is 12.4. The van der Waals surface area contributed by atoms with Crippen LogP contribution in [0.15, 0.2) is 29.2 Å². The Morgan fingerprint density at radius 3 is 2.62 bits per heavy atom. The van der Waals surface area contributed by atoms with Crippen molar-refractivity contribution in [1.82, 2.24) is 9.80 Å². The van der Waals surface area contributed by atoms with Gasteiger partial charge in [0.05, 0.1) is 18.4 Å². The van der Waals surface area contributed by atoms with E-state index in [0.29, 0.717) is 22.4 Å². The van der Waals surface area contributed by atoms with Crippen LogP contribution in [0.4, 0.5) is 0 Å². The number of amides is 1. The van der Waals surface area contributed by atoms with Crippen LogP contribution in [0.2, 0.25) is 0 Å². The van der Waals surface area contributed by atoms with Crippen molar-refractivity contribution in [2.45, 2.75) is 6.42 Å². The molecule has 6 nitrogen and oxygen atoms in total. The lowest BCUT2D eigenvalue weighted by Gasteiger charge is -2.14. The van der Waals surface area contributed by atoms with Gasteiger partial charge in [-0.05, 0) is 37.9 Å². The van der Waals surface area contributed by atoms with E-state index in [2.05, 4.69) is 0 Å². The molecule has 0 aromatic heterocycles. The molecule has 140 valence electrons. The summed E-state index contributed by atoms with van der Waals surface area (Å²) in [5, 5.41) is 0. The van der Waals surface area contributed by atoms with Crippen molar-refractivity contribution in [3.05, 3.63) is 34.7 Å². The normalized spacial score (nSPS) is 15.8. The fraction of sp³-hybridized carbons (Fsp3) is 0.389. The zero-order valence-electron chi connectivity index (χ0n) is 15.1. The van der Waals surface area contributed by atoms with Crippen LogP contribution < -0.4 is 4.74 Å². The molecule has 0 spiro atoms. The van der Waals surface area contributed by atoms with Gasteiger partial charge < -0.3 is 14.4 Å². The van der Waals surface area contributed by atoms with Gasteiger partial charge in [-0.2, -0.15) is 0 Å². The Labute approximate surface area is 163 Å². The number of esters is 1. The summed E-state index contributed by atoms with van der Waals surface area (Å²) in [6, 6.07) is 7.40. The lowest BCUT2D eigenvalue weighted by molar-refractivity contribution is -0.144. The summed E-state index contributed by atoms with van der Waals surface area (Å²) in [7, 11) is 5.41. The summed E-state index contributed by atoms with van der Waals surface area (Å²) in [6.45, 7) is 1.23. The molecule has 1 aromatic carbocycles. The highest BCUT2D eigenvalue weighted by Gasteiger charge is 2.32. The average molecular weight is 395 g/mol. The second kappa shape index (κ2) is 9.70. The standard InChI is InChI=1S/C18H22N2O4S2/c1-19(2)10-11-24-16(21)8-9-20-17(22)15(26-18(20)25)12-13-4-6-14(23-3)7-5-13/h4-7,12H,8-11H2,1-3H3/b15-12+. The van der Waals surface area contributed by atoms with Gasteiger partial charge in [-0.25, -0.2) is 0 Å². The maximum Gasteiger partial charge on any atom is 0.307 e. The minimum absolute atomic E-state index is 0.121. The van der Waals surface area contributed by atoms with E-state index < -0.39 is 0 Å². The van der Waals surface area contributed by atoms with Crippen molar-refractivity contribution in [1.29, 1.82) is 0 Å². The molecule has 1 heterocycles. The minimum atomic E-state index is -0.333. The molecule has 1 aliphatic rings. The fourth-order valence-corrected chi connectivity index (χ4v) is 3.47. The zero-order chi connectivity index (χ0) is 19.1. The summed E-state index contributed by atoms with van der Waals surface area (Å²) >= 11 is 6.51. The average Bonchev–Trinajstić information content (AvgIpc) is 2.87. The Morgan fingerprint density at radius 1 is 1.31 bits per heavy atom. The molecule has 1 aliphatic heterocycles. The summed E-state index contributed by atoms with van der Waals surface area (Å²) in [6.07, 6.45) is 1.91. The largest absolute Gasteiger partial charge is 0.497 e. The van der Waals surface area contributed by atoms with Gasteiger partial charge in [-0.1, -0.05) is 36.1 Å². The van der Waals surface area contributed by atoms with Crippen LogP contribution in [0, 0.1) is 0 Å². The third kappa shape index (κ3) is 5.82. The van der Waals surface area contributed by atoms with Crippen LogP contribution in [0.25, 0.3) is 6.08 Å². The molecule has 8 heteroatoms. The van der Waals surface area contributed by atoms with Gasteiger partial charge in [0.25, 0.3) is 5.91 Å². The number of carbonyl (C=O) groups is 2. The molecule has 0 saturated carbocycles. The van der Waals surface area contributed by atoms with E-state index in [9.17, 15) is 9.59 Å². The Bertz CT molecular complexity index is 702. The van der Waals surface area contributed by atoms with Gasteiger partial charge in [0.1, 0.15) is 16.7 Å². The van der Waals surface area contributed by atoms with E-state index in [1.54, 1.807) is 13.2 Å². The Hall–Kier alpha value is -1.90. The first-order valence-corrected chi connectivity index (χ1v) is 9.33. The molecule has 1 fully saturated rings. The van der Waals surface area contributed by atoms with E-state index >= 15 is 0 Å². The van der Waals surface area contributed by atoms with Crippen LogP contribution in [0.3, 0.4) is 0 Å². The van der Waals surface area contributed by atoms with E-state index in [0.717, 1.165) is 11.3 Å². The molecular formula is C18H22N2O4S2. The van der Waals surface area contributed by atoms with Gasteiger partial charge in [-0.15, -0.1) is 0 Å². The van der Waals surface area contributed by atoms with E-state index in [1.165, 1.54) is 16.7 Å². The number of carbonyl (C=O) groups excluding carboxylic acids is 2. The monoisotopic (exact) mass is 394 g/mol. The number of rotatable bonds is 8. The predicted molar refractivity (Wildman–Crippen MR) is 107 cm³/mol. The molecule has 0 atom stereocenters.